The van der Waals surface area contributed by atoms with E-state index in [1.54, 1.807) is 0 Å². The Bertz CT molecular complexity index is 1120. The van der Waals surface area contributed by atoms with Crippen molar-refractivity contribution in [2.75, 3.05) is 37.7 Å². The van der Waals surface area contributed by atoms with Crippen LogP contribution in [0.15, 0.2) is 54.7 Å². The first-order chi connectivity index (χ1) is 17.2. The van der Waals surface area contributed by atoms with Crippen molar-refractivity contribution in [1.82, 2.24) is 19.9 Å². The summed E-state index contributed by atoms with van der Waals surface area (Å²) >= 11 is 0. The van der Waals surface area contributed by atoms with E-state index in [1.807, 2.05) is 4.68 Å². The minimum absolute atomic E-state index is 0.269. The molecule has 0 bridgehead atoms. The highest BCUT2D eigenvalue weighted by Crippen LogP contribution is 2.42. The number of hydrogen-bond acceptors (Lipinski definition) is 5. The van der Waals surface area contributed by atoms with Gasteiger partial charge >= 0.3 is 0 Å². The van der Waals surface area contributed by atoms with Gasteiger partial charge in [0.2, 0.25) is 0 Å². The van der Waals surface area contributed by atoms with Gasteiger partial charge in [-0.2, -0.15) is 0 Å². The van der Waals surface area contributed by atoms with Gasteiger partial charge in [-0.15, -0.1) is 5.10 Å². The van der Waals surface area contributed by atoms with Crippen LogP contribution in [-0.4, -0.2) is 58.8 Å². The maximum absolute atomic E-state index is 5.87. The molecule has 3 aliphatic rings. The normalized spacial score (nSPS) is 22.3. The maximum Gasteiger partial charge on any atom is 0.113 e. The van der Waals surface area contributed by atoms with Crippen LogP contribution >= 0.6 is 0 Å². The van der Waals surface area contributed by atoms with Crippen molar-refractivity contribution < 1.29 is 4.74 Å². The molecular formula is C29H37N5O. The molecule has 0 aliphatic carbocycles. The molecule has 1 atom stereocenters. The molecule has 1 spiro atoms. The monoisotopic (exact) mass is 471 g/mol. The lowest BCUT2D eigenvalue weighted by Crippen LogP contribution is -2.59. The van der Waals surface area contributed by atoms with Gasteiger partial charge in [-0.3, -0.25) is 4.90 Å². The number of rotatable bonds is 6. The number of benzene rings is 2. The van der Waals surface area contributed by atoms with E-state index in [2.05, 4.69) is 81.8 Å². The molecule has 3 aromatic rings. The van der Waals surface area contributed by atoms with Gasteiger partial charge in [-0.25, -0.2) is 4.68 Å². The van der Waals surface area contributed by atoms with Gasteiger partial charge in [0.15, 0.2) is 0 Å². The average Bonchev–Trinajstić information content (AvgIpc) is 3.33. The second kappa shape index (κ2) is 9.75. The zero-order valence-corrected chi connectivity index (χ0v) is 20.9. The van der Waals surface area contributed by atoms with E-state index in [9.17, 15) is 0 Å². The Morgan fingerprint density at radius 3 is 2.60 bits per heavy atom. The van der Waals surface area contributed by atoms with Gasteiger partial charge in [0.1, 0.15) is 5.69 Å². The molecule has 0 unspecified atom stereocenters. The third-order valence-corrected chi connectivity index (χ3v) is 8.25. The topological polar surface area (TPSA) is 46.4 Å². The maximum atomic E-state index is 5.87. The van der Waals surface area contributed by atoms with Crippen LogP contribution in [0.2, 0.25) is 0 Å². The Morgan fingerprint density at radius 1 is 1.03 bits per heavy atom. The second-order valence-corrected chi connectivity index (χ2v) is 10.9. The van der Waals surface area contributed by atoms with E-state index in [0.29, 0.717) is 5.41 Å². The summed E-state index contributed by atoms with van der Waals surface area (Å²) in [6.45, 7) is 9.74. The number of piperidine rings is 1. The molecule has 0 amide bonds. The van der Waals surface area contributed by atoms with Crippen molar-refractivity contribution in [2.45, 2.75) is 58.2 Å². The molecule has 3 aliphatic heterocycles. The number of nitrogens with zero attached hydrogens (tertiary/aromatic N) is 5. The van der Waals surface area contributed by atoms with E-state index in [-0.39, 0.29) is 6.10 Å². The van der Waals surface area contributed by atoms with Gasteiger partial charge in [-0.1, -0.05) is 41.6 Å². The molecule has 184 valence electrons. The quantitative estimate of drug-likeness (QED) is 0.510. The third kappa shape index (κ3) is 5.00. The largest absolute Gasteiger partial charge is 0.376 e. The van der Waals surface area contributed by atoms with E-state index < -0.39 is 0 Å². The first-order valence-electron chi connectivity index (χ1n) is 13.3. The predicted molar refractivity (Wildman–Crippen MR) is 139 cm³/mol. The van der Waals surface area contributed by atoms with Crippen LogP contribution < -0.4 is 4.90 Å². The SMILES string of the molecule is Cc1cc(N2CCC3(CC2)CN(Cc2ccccc2)C3)ccc1-c1cn(C[C@H]2CCCCO2)nn1. The molecule has 4 heterocycles. The minimum atomic E-state index is 0.269. The summed E-state index contributed by atoms with van der Waals surface area (Å²) in [5.74, 6) is 0. The lowest BCUT2D eigenvalue weighted by atomic mass is 9.71. The Kier molecular flexibility index (Phi) is 6.33. The Balaban J connectivity index is 1.04. The summed E-state index contributed by atoms with van der Waals surface area (Å²) in [6.07, 6.45) is 8.46. The summed E-state index contributed by atoms with van der Waals surface area (Å²) in [5.41, 5.74) is 6.69. The Labute approximate surface area is 208 Å². The van der Waals surface area contributed by atoms with Crippen LogP contribution in [0.5, 0.6) is 0 Å². The number of aromatic nitrogens is 3. The molecule has 6 heteroatoms. The summed E-state index contributed by atoms with van der Waals surface area (Å²) < 4.78 is 7.81. The predicted octanol–water partition coefficient (Wildman–Crippen LogP) is 4.93. The molecule has 6 rings (SSSR count). The second-order valence-electron chi connectivity index (χ2n) is 10.9. The summed E-state index contributed by atoms with van der Waals surface area (Å²) in [7, 11) is 0. The van der Waals surface area contributed by atoms with Crippen molar-refractivity contribution in [1.29, 1.82) is 0 Å². The molecule has 2 aromatic carbocycles. The van der Waals surface area contributed by atoms with E-state index in [1.165, 1.54) is 61.2 Å². The van der Waals surface area contributed by atoms with Crippen molar-refractivity contribution in [3.63, 3.8) is 0 Å². The zero-order chi connectivity index (χ0) is 23.7. The highest BCUT2D eigenvalue weighted by atomic mass is 16.5. The van der Waals surface area contributed by atoms with Gasteiger partial charge in [-0.05, 0) is 67.7 Å². The fourth-order valence-electron chi connectivity index (χ4n) is 6.21. The van der Waals surface area contributed by atoms with Crippen molar-refractivity contribution in [3.8, 4) is 11.3 Å². The summed E-state index contributed by atoms with van der Waals surface area (Å²) in [5, 5.41) is 8.85. The summed E-state index contributed by atoms with van der Waals surface area (Å²) in [4.78, 5) is 5.18. The smallest absolute Gasteiger partial charge is 0.113 e. The van der Waals surface area contributed by atoms with Crippen LogP contribution in [0.3, 0.4) is 0 Å². The molecule has 0 N–H and O–H groups in total. The van der Waals surface area contributed by atoms with Gasteiger partial charge in [0, 0.05) is 50.6 Å². The fraction of sp³-hybridized carbons (Fsp3) is 0.517. The van der Waals surface area contributed by atoms with Gasteiger partial charge < -0.3 is 9.64 Å². The van der Waals surface area contributed by atoms with Crippen LogP contribution in [-0.2, 0) is 17.8 Å². The molecule has 3 saturated heterocycles. The highest BCUT2D eigenvalue weighted by Gasteiger charge is 2.44. The highest BCUT2D eigenvalue weighted by molar-refractivity contribution is 5.67. The molecular weight excluding hydrogens is 434 g/mol. The number of likely N-dealkylation sites (tertiary alicyclic amines) is 1. The van der Waals surface area contributed by atoms with Crippen molar-refractivity contribution in [2.24, 2.45) is 5.41 Å². The van der Waals surface area contributed by atoms with Crippen LogP contribution in [0.1, 0.15) is 43.2 Å². The molecule has 6 nitrogen and oxygen atoms in total. The lowest BCUT2D eigenvalue weighted by molar-refractivity contribution is -0.0240. The first-order valence-corrected chi connectivity index (χ1v) is 13.3. The zero-order valence-electron chi connectivity index (χ0n) is 20.9. The van der Waals surface area contributed by atoms with E-state index in [4.69, 9.17) is 4.74 Å². The Hall–Kier alpha value is -2.70. The number of hydrogen-bond donors (Lipinski definition) is 0. The molecule has 0 radical (unpaired) electrons. The molecule has 0 saturated carbocycles. The van der Waals surface area contributed by atoms with Crippen LogP contribution in [0.25, 0.3) is 11.3 Å². The first kappa shape index (κ1) is 22.7. The molecule has 35 heavy (non-hydrogen) atoms. The van der Waals surface area contributed by atoms with Gasteiger partial charge in [0.05, 0.1) is 18.8 Å². The van der Waals surface area contributed by atoms with Gasteiger partial charge in [0.25, 0.3) is 0 Å². The van der Waals surface area contributed by atoms with Crippen LogP contribution in [0.4, 0.5) is 5.69 Å². The fourth-order valence-corrected chi connectivity index (χ4v) is 6.21. The number of ether oxygens (including phenoxy) is 1. The minimum Gasteiger partial charge on any atom is -0.376 e. The lowest BCUT2D eigenvalue weighted by Gasteiger charge is -2.54. The van der Waals surface area contributed by atoms with Crippen molar-refractivity contribution >= 4 is 5.69 Å². The van der Waals surface area contributed by atoms with E-state index >= 15 is 0 Å². The average molecular weight is 472 g/mol. The Morgan fingerprint density at radius 2 is 1.86 bits per heavy atom. The van der Waals surface area contributed by atoms with Crippen LogP contribution in [0, 0.1) is 12.3 Å². The van der Waals surface area contributed by atoms with Crippen molar-refractivity contribution in [3.05, 3.63) is 65.9 Å². The third-order valence-electron chi connectivity index (χ3n) is 8.25. The standard InChI is InChI=1S/C29H37N5O/c1-23-17-25(10-11-27(23)28-20-34(31-30-28)19-26-9-5-6-16-35-26)33-14-12-29(13-15-33)21-32(22-29)18-24-7-3-2-4-8-24/h2-4,7-8,10-11,17,20,26H,5-6,9,12-16,18-19,21-22H2,1H3/t26-/m1/s1. The summed E-state index contributed by atoms with van der Waals surface area (Å²) in [6, 6.07) is 17.7. The molecule has 3 fully saturated rings. The number of anilines is 1. The number of aryl methyl sites for hydroxylation is 1. The van der Waals surface area contributed by atoms with E-state index in [0.717, 1.165) is 44.9 Å². The molecule has 1 aromatic heterocycles.